The number of aromatic nitrogens is 2. The Labute approximate surface area is 126 Å². The number of H-pyrrole nitrogens is 1. The first-order chi connectivity index (χ1) is 10.1. The van der Waals surface area contributed by atoms with Crippen molar-refractivity contribution in [2.45, 2.75) is 31.3 Å². The molecule has 2 heterocycles. The molecule has 4 N–H and O–H groups in total. The van der Waals surface area contributed by atoms with Gasteiger partial charge in [0.15, 0.2) is 11.4 Å². The first-order valence-electron chi connectivity index (χ1n) is 6.33. The van der Waals surface area contributed by atoms with Crippen LogP contribution in [0.4, 0.5) is 0 Å². The number of hydrogen-bond acceptors (Lipinski definition) is 7. The molecular weight excluding hydrogens is 294 g/mol. The molecule has 0 bridgehead atoms. The van der Waals surface area contributed by atoms with Crippen LogP contribution in [0.25, 0.3) is 0 Å². The van der Waals surface area contributed by atoms with Crippen LogP contribution in [0.15, 0.2) is 11.3 Å². The standard InChI is InChI=1S/C12H17N5O3S/c1-6-8(17-5-16-6)11-10(19)9(18)7(20-11)3-14-12(21-2)15-4-13/h5,7,9-11,18-19H,3H2,1-2H3,(H,14,15)(H,16,17)/t7-,9-,10-,11+/m1/s1. The summed E-state index contributed by atoms with van der Waals surface area (Å²) in [5.74, 6) is 0. The summed E-state index contributed by atoms with van der Waals surface area (Å²) in [5, 5.41) is 31.6. The van der Waals surface area contributed by atoms with Gasteiger partial charge in [-0.3, -0.25) is 10.3 Å². The maximum atomic E-state index is 10.1. The molecule has 4 atom stereocenters. The lowest BCUT2D eigenvalue weighted by Gasteiger charge is -2.13. The molecule has 0 unspecified atom stereocenters. The van der Waals surface area contributed by atoms with E-state index in [4.69, 9.17) is 10.00 Å². The molecule has 0 amide bonds. The number of imidazole rings is 1. The zero-order chi connectivity index (χ0) is 15.4. The maximum Gasteiger partial charge on any atom is 0.183 e. The van der Waals surface area contributed by atoms with Crippen LogP contribution in [0.3, 0.4) is 0 Å². The van der Waals surface area contributed by atoms with Gasteiger partial charge in [-0.1, -0.05) is 11.8 Å². The fourth-order valence-electron chi connectivity index (χ4n) is 2.17. The van der Waals surface area contributed by atoms with Gasteiger partial charge in [0, 0.05) is 0 Å². The van der Waals surface area contributed by atoms with Crippen LogP contribution in [0.5, 0.6) is 0 Å². The fourth-order valence-corrected chi connectivity index (χ4v) is 2.53. The number of thioether (sulfide) groups is 1. The van der Waals surface area contributed by atoms with E-state index in [2.05, 4.69) is 20.3 Å². The normalized spacial score (nSPS) is 29.4. The van der Waals surface area contributed by atoms with E-state index in [-0.39, 0.29) is 6.54 Å². The SMILES string of the molecule is CSC(=NC[C@H]1O[C@@H](c2[nH]cnc2C)[C@H](O)[C@@H]1O)NC#N. The summed E-state index contributed by atoms with van der Waals surface area (Å²) in [7, 11) is 0. The Balaban J connectivity index is 2.07. The number of nitriles is 1. The Bertz CT molecular complexity index is 555. The van der Waals surface area contributed by atoms with Crippen molar-refractivity contribution >= 4 is 16.9 Å². The Hall–Kier alpha value is -1.60. The molecule has 0 spiro atoms. The number of ether oxygens (including phenoxy) is 1. The first kappa shape index (κ1) is 15.8. The van der Waals surface area contributed by atoms with E-state index >= 15 is 0 Å². The van der Waals surface area contributed by atoms with Crippen molar-refractivity contribution in [1.29, 1.82) is 5.26 Å². The van der Waals surface area contributed by atoms with E-state index in [0.717, 1.165) is 0 Å². The Morgan fingerprint density at radius 1 is 1.62 bits per heavy atom. The second-order valence-corrected chi connectivity index (χ2v) is 5.36. The zero-order valence-electron chi connectivity index (χ0n) is 11.6. The number of aliphatic imine (C=N–C) groups is 1. The van der Waals surface area contributed by atoms with Gasteiger partial charge >= 0.3 is 0 Å². The van der Waals surface area contributed by atoms with Gasteiger partial charge in [-0.25, -0.2) is 4.98 Å². The molecule has 2 rings (SSSR count). The summed E-state index contributed by atoms with van der Waals surface area (Å²) in [6.45, 7) is 1.94. The third kappa shape index (κ3) is 3.36. The van der Waals surface area contributed by atoms with Gasteiger partial charge in [0.05, 0.1) is 24.3 Å². The molecule has 1 aromatic rings. The number of nitrogens with zero attached hydrogens (tertiary/aromatic N) is 3. The fraction of sp³-hybridized carbons (Fsp3) is 0.583. The summed E-state index contributed by atoms with van der Waals surface area (Å²) in [4.78, 5) is 11.1. The van der Waals surface area contributed by atoms with Gasteiger partial charge in [-0.05, 0) is 13.2 Å². The molecule has 0 aliphatic carbocycles. The van der Waals surface area contributed by atoms with E-state index in [1.807, 2.05) is 0 Å². The third-order valence-corrected chi connectivity index (χ3v) is 3.90. The molecule has 1 aliphatic rings. The summed E-state index contributed by atoms with van der Waals surface area (Å²) < 4.78 is 5.69. The minimum absolute atomic E-state index is 0.146. The predicted molar refractivity (Wildman–Crippen MR) is 77.5 cm³/mol. The highest BCUT2D eigenvalue weighted by Gasteiger charge is 2.44. The van der Waals surface area contributed by atoms with Gasteiger partial charge < -0.3 is 19.9 Å². The largest absolute Gasteiger partial charge is 0.388 e. The van der Waals surface area contributed by atoms with Crippen molar-refractivity contribution in [3.8, 4) is 6.19 Å². The third-order valence-electron chi connectivity index (χ3n) is 3.29. The Kier molecular flexibility index (Phi) is 5.19. The number of aliphatic hydroxyl groups excluding tert-OH is 2. The number of hydrogen-bond donors (Lipinski definition) is 4. The Morgan fingerprint density at radius 2 is 2.38 bits per heavy atom. The molecule has 8 nitrogen and oxygen atoms in total. The van der Waals surface area contributed by atoms with Crippen molar-refractivity contribution in [3.63, 3.8) is 0 Å². The van der Waals surface area contributed by atoms with Crippen molar-refractivity contribution in [3.05, 3.63) is 17.7 Å². The van der Waals surface area contributed by atoms with Crippen LogP contribution >= 0.6 is 11.8 Å². The minimum atomic E-state index is -1.05. The van der Waals surface area contributed by atoms with Gasteiger partial charge in [-0.15, -0.1) is 0 Å². The lowest BCUT2D eigenvalue weighted by atomic mass is 10.0. The van der Waals surface area contributed by atoms with E-state index in [0.29, 0.717) is 16.6 Å². The number of rotatable bonds is 3. The van der Waals surface area contributed by atoms with Crippen molar-refractivity contribution < 1.29 is 14.9 Å². The summed E-state index contributed by atoms with van der Waals surface area (Å²) in [6, 6.07) is 0. The van der Waals surface area contributed by atoms with Crippen LogP contribution < -0.4 is 5.32 Å². The highest BCUT2D eigenvalue weighted by atomic mass is 32.2. The Morgan fingerprint density at radius 3 is 2.95 bits per heavy atom. The number of amidine groups is 1. The predicted octanol–water partition coefficient (Wildman–Crippen LogP) is -0.331. The average molecular weight is 311 g/mol. The van der Waals surface area contributed by atoms with Crippen molar-refractivity contribution in [2.24, 2.45) is 4.99 Å². The monoisotopic (exact) mass is 311 g/mol. The first-order valence-corrected chi connectivity index (χ1v) is 7.56. The number of aliphatic hydroxyl groups is 2. The van der Waals surface area contributed by atoms with Crippen LogP contribution in [0, 0.1) is 18.4 Å². The van der Waals surface area contributed by atoms with Crippen molar-refractivity contribution in [2.75, 3.05) is 12.8 Å². The lowest BCUT2D eigenvalue weighted by Crippen LogP contribution is -2.32. The van der Waals surface area contributed by atoms with Gasteiger partial charge in [0.25, 0.3) is 0 Å². The maximum absolute atomic E-state index is 10.1. The molecule has 1 fully saturated rings. The molecule has 1 aliphatic heterocycles. The number of aromatic amines is 1. The average Bonchev–Trinajstić information content (AvgIpc) is 3.01. The van der Waals surface area contributed by atoms with Crippen LogP contribution in [-0.2, 0) is 4.74 Å². The highest BCUT2D eigenvalue weighted by Crippen LogP contribution is 2.33. The highest BCUT2D eigenvalue weighted by molar-refractivity contribution is 8.13. The van der Waals surface area contributed by atoms with Gasteiger partial charge in [-0.2, -0.15) is 5.26 Å². The number of nitrogens with one attached hydrogen (secondary N) is 2. The van der Waals surface area contributed by atoms with Gasteiger partial charge in [0.1, 0.15) is 24.4 Å². The molecule has 0 radical (unpaired) electrons. The molecule has 0 aromatic carbocycles. The second-order valence-electron chi connectivity index (χ2n) is 4.56. The molecule has 114 valence electrons. The molecular formula is C12H17N5O3S. The molecule has 0 saturated carbocycles. The van der Waals surface area contributed by atoms with Crippen LogP contribution in [-0.4, -0.2) is 56.5 Å². The topological polar surface area (TPSA) is 127 Å². The smallest absolute Gasteiger partial charge is 0.183 e. The minimum Gasteiger partial charge on any atom is -0.388 e. The zero-order valence-corrected chi connectivity index (χ0v) is 12.5. The van der Waals surface area contributed by atoms with Gasteiger partial charge in [0.2, 0.25) is 0 Å². The summed E-state index contributed by atoms with van der Waals surface area (Å²) >= 11 is 1.28. The molecule has 1 aromatic heterocycles. The van der Waals surface area contributed by atoms with E-state index in [9.17, 15) is 10.2 Å². The quantitative estimate of drug-likeness (QED) is 0.260. The van der Waals surface area contributed by atoms with Crippen molar-refractivity contribution in [1.82, 2.24) is 15.3 Å². The molecule has 1 saturated heterocycles. The summed E-state index contributed by atoms with van der Waals surface area (Å²) in [5.41, 5.74) is 1.36. The molecule has 21 heavy (non-hydrogen) atoms. The van der Waals surface area contributed by atoms with Crippen LogP contribution in [0.1, 0.15) is 17.5 Å². The van der Waals surface area contributed by atoms with E-state index < -0.39 is 24.4 Å². The lowest BCUT2D eigenvalue weighted by molar-refractivity contribution is 0.00916. The second kappa shape index (κ2) is 6.91. The summed E-state index contributed by atoms with van der Waals surface area (Å²) in [6.07, 6.45) is 1.67. The molecule has 9 heteroatoms. The van der Waals surface area contributed by atoms with Crippen LogP contribution in [0.2, 0.25) is 0 Å². The van der Waals surface area contributed by atoms with E-state index in [1.165, 1.54) is 18.1 Å². The number of aryl methyl sites for hydroxylation is 1. The van der Waals surface area contributed by atoms with E-state index in [1.54, 1.807) is 19.4 Å².